The molecule has 0 aliphatic carbocycles. The molecule has 0 radical (unpaired) electrons. The van der Waals surface area contributed by atoms with E-state index in [4.69, 9.17) is 0 Å². The van der Waals surface area contributed by atoms with Crippen molar-refractivity contribution in [3.05, 3.63) is 42.5 Å². The number of imidazole rings is 1. The summed E-state index contributed by atoms with van der Waals surface area (Å²) >= 11 is 0. The maximum Gasteiger partial charge on any atom is 0.125 e. The van der Waals surface area contributed by atoms with Gasteiger partial charge in [0.1, 0.15) is 11.6 Å². The standard InChI is InChI=1S/C15H18FN3/c1-2-9-19-14-4-3-12(16)10-13(14)18-15(19)11-5-7-17-8-6-11/h2-4,10-11,17H,1,5-9H2. The lowest BCUT2D eigenvalue weighted by Crippen LogP contribution is -2.28. The predicted molar refractivity (Wildman–Crippen MR) is 74.7 cm³/mol. The lowest BCUT2D eigenvalue weighted by molar-refractivity contribution is 0.436. The number of halogens is 1. The average molecular weight is 259 g/mol. The van der Waals surface area contributed by atoms with Gasteiger partial charge in [-0.05, 0) is 38.1 Å². The summed E-state index contributed by atoms with van der Waals surface area (Å²) in [6.45, 7) is 6.58. The highest BCUT2D eigenvalue weighted by atomic mass is 19.1. The van der Waals surface area contributed by atoms with Crippen LogP contribution in [0.3, 0.4) is 0 Å². The minimum Gasteiger partial charge on any atom is -0.324 e. The van der Waals surface area contributed by atoms with Gasteiger partial charge in [-0.2, -0.15) is 0 Å². The third kappa shape index (κ3) is 2.28. The van der Waals surface area contributed by atoms with E-state index in [-0.39, 0.29) is 5.82 Å². The van der Waals surface area contributed by atoms with Gasteiger partial charge in [-0.3, -0.25) is 0 Å². The Kier molecular flexibility index (Phi) is 3.34. The van der Waals surface area contributed by atoms with Crippen LogP contribution in [0.2, 0.25) is 0 Å². The second-order valence-electron chi connectivity index (χ2n) is 5.03. The summed E-state index contributed by atoms with van der Waals surface area (Å²) in [7, 11) is 0. The lowest BCUT2D eigenvalue weighted by Gasteiger charge is -2.22. The maximum absolute atomic E-state index is 13.3. The van der Waals surface area contributed by atoms with E-state index in [0.29, 0.717) is 5.92 Å². The summed E-state index contributed by atoms with van der Waals surface area (Å²) < 4.78 is 15.5. The van der Waals surface area contributed by atoms with E-state index in [1.807, 2.05) is 12.1 Å². The molecule has 0 spiro atoms. The van der Waals surface area contributed by atoms with Crippen molar-refractivity contribution in [2.45, 2.75) is 25.3 Å². The highest BCUT2D eigenvalue weighted by Crippen LogP contribution is 2.28. The van der Waals surface area contributed by atoms with E-state index in [1.165, 1.54) is 12.1 Å². The van der Waals surface area contributed by atoms with Crippen LogP contribution in [0.15, 0.2) is 30.9 Å². The SMILES string of the molecule is C=CCn1c(C2CCNCC2)nc2cc(F)ccc21. The van der Waals surface area contributed by atoms with Crippen molar-refractivity contribution in [2.75, 3.05) is 13.1 Å². The molecule has 1 aromatic heterocycles. The van der Waals surface area contributed by atoms with Crippen LogP contribution in [0.5, 0.6) is 0 Å². The Hall–Kier alpha value is -1.68. The first kappa shape index (κ1) is 12.4. The first-order valence-corrected chi connectivity index (χ1v) is 6.77. The first-order valence-electron chi connectivity index (χ1n) is 6.77. The van der Waals surface area contributed by atoms with Crippen LogP contribution in [0.4, 0.5) is 4.39 Å². The van der Waals surface area contributed by atoms with E-state index < -0.39 is 0 Å². The van der Waals surface area contributed by atoms with Crippen molar-refractivity contribution in [1.29, 1.82) is 0 Å². The Morgan fingerprint density at radius 1 is 1.42 bits per heavy atom. The van der Waals surface area contributed by atoms with Gasteiger partial charge in [0, 0.05) is 18.5 Å². The van der Waals surface area contributed by atoms with Crippen molar-refractivity contribution in [2.24, 2.45) is 0 Å². The molecule has 3 rings (SSSR count). The van der Waals surface area contributed by atoms with Gasteiger partial charge in [0.25, 0.3) is 0 Å². The third-order valence-electron chi connectivity index (χ3n) is 3.76. The number of benzene rings is 1. The fourth-order valence-corrected chi connectivity index (χ4v) is 2.83. The van der Waals surface area contributed by atoms with Crippen LogP contribution < -0.4 is 5.32 Å². The minimum atomic E-state index is -0.229. The zero-order valence-electron chi connectivity index (χ0n) is 10.9. The summed E-state index contributed by atoms with van der Waals surface area (Å²) in [4.78, 5) is 4.66. The molecule has 4 heteroatoms. The lowest BCUT2D eigenvalue weighted by atomic mass is 9.97. The molecule has 1 aliphatic rings. The molecule has 0 saturated carbocycles. The smallest absolute Gasteiger partial charge is 0.125 e. The average Bonchev–Trinajstić information content (AvgIpc) is 2.78. The maximum atomic E-state index is 13.3. The van der Waals surface area contributed by atoms with Gasteiger partial charge in [0.15, 0.2) is 0 Å². The molecule has 0 bridgehead atoms. The van der Waals surface area contributed by atoms with Gasteiger partial charge in [-0.1, -0.05) is 6.08 Å². The van der Waals surface area contributed by atoms with E-state index in [1.54, 1.807) is 0 Å². The zero-order valence-corrected chi connectivity index (χ0v) is 10.9. The highest BCUT2D eigenvalue weighted by molar-refractivity contribution is 5.76. The second-order valence-corrected chi connectivity index (χ2v) is 5.03. The predicted octanol–water partition coefficient (Wildman–Crippen LogP) is 2.83. The molecule has 1 aliphatic heterocycles. The van der Waals surface area contributed by atoms with Gasteiger partial charge in [-0.15, -0.1) is 6.58 Å². The fourth-order valence-electron chi connectivity index (χ4n) is 2.83. The number of hydrogen-bond donors (Lipinski definition) is 1. The molecular formula is C15H18FN3. The van der Waals surface area contributed by atoms with Crippen molar-refractivity contribution in [3.63, 3.8) is 0 Å². The highest BCUT2D eigenvalue weighted by Gasteiger charge is 2.21. The number of nitrogens with one attached hydrogen (secondary N) is 1. The summed E-state index contributed by atoms with van der Waals surface area (Å²) in [5, 5.41) is 3.36. The third-order valence-corrected chi connectivity index (χ3v) is 3.76. The van der Waals surface area contributed by atoms with E-state index >= 15 is 0 Å². The molecule has 2 aromatic rings. The number of fused-ring (bicyclic) bond motifs is 1. The quantitative estimate of drug-likeness (QED) is 0.859. The second kappa shape index (κ2) is 5.13. The number of piperidine rings is 1. The number of nitrogens with zero attached hydrogens (tertiary/aromatic N) is 2. The van der Waals surface area contributed by atoms with Gasteiger partial charge in [0.05, 0.1) is 11.0 Å². The molecule has 1 aromatic carbocycles. The monoisotopic (exact) mass is 259 g/mol. The van der Waals surface area contributed by atoms with Crippen molar-refractivity contribution < 1.29 is 4.39 Å². The van der Waals surface area contributed by atoms with Gasteiger partial charge >= 0.3 is 0 Å². The van der Waals surface area contributed by atoms with Crippen LogP contribution in [0, 0.1) is 5.82 Å². The molecule has 0 atom stereocenters. The van der Waals surface area contributed by atoms with Crippen molar-refractivity contribution in [3.8, 4) is 0 Å². The van der Waals surface area contributed by atoms with E-state index in [0.717, 1.165) is 49.3 Å². The fraction of sp³-hybridized carbons (Fsp3) is 0.400. The summed E-state index contributed by atoms with van der Waals surface area (Å²) in [6, 6.07) is 4.82. The molecule has 100 valence electrons. The van der Waals surface area contributed by atoms with Gasteiger partial charge in [-0.25, -0.2) is 9.37 Å². The number of rotatable bonds is 3. The Bertz CT molecular complexity index is 597. The van der Waals surface area contributed by atoms with E-state index in [9.17, 15) is 4.39 Å². The number of hydrogen-bond acceptors (Lipinski definition) is 2. The van der Waals surface area contributed by atoms with Gasteiger partial charge < -0.3 is 9.88 Å². The Labute approximate surface area is 112 Å². The summed E-state index contributed by atoms with van der Waals surface area (Å²) in [6.07, 6.45) is 4.04. The Balaban J connectivity index is 2.10. The van der Waals surface area contributed by atoms with Crippen molar-refractivity contribution in [1.82, 2.24) is 14.9 Å². The van der Waals surface area contributed by atoms with Crippen LogP contribution in [0.25, 0.3) is 11.0 Å². The molecule has 2 heterocycles. The Morgan fingerprint density at radius 2 is 2.21 bits per heavy atom. The molecular weight excluding hydrogens is 241 g/mol. The van der Waals surface area contributed by atoms with Crippen LogP contribution in [-0.2, 0) is 6.54 Å². The molecule has 1 saturated heterocycles. The normalized spacial score (nSPS) is 16.9. The molecule has 0 amide bonds. The summed E-state index contributed by atoms with van der Waals surface area (Å²) in [5.41, 5.74) is 1.74. The number of aromatic nitrogens is 2. The van der Waals surface area contributed by atoms with Crippen LogP contribution in [-0.4, -0.2) is 22.6 Å². The summed E-state index contributed by atoms with van der Waals surface area (Å²) in [5.74, 6) is 1.30. The molecule has 3 nitrogen and oxygen atoms in total. The minimum absolute atomic E-state index is 0.229. The zero-order chi connectivity index (χ0) is 13.2. The topological polar surface area (TPSA) is 29.9 Å². The largest absolute Gasteiger partial charge is 0.324 e. The number of allylic oxidation sites excluding steroid dienone is 1. The Morgan fingerprint density at radius 3 is 2.95 bits per heavy atom. The molecule has 1 N–H and O–H groups in total. The van der Waals surface area contributed by atoms with Crippen LogP contribution in [0.1, 0.15) is 24.6 Å². The van der Waals surface area contributed by atoms with Gasteiger partial charge in [0.2, 0.25) is 0 Å². The molecule has 1 fully saturated rings. The van der Waals surface area contributed by atoms with Crippen molar-refractivity contribution >= 4 is 11.0 Å². The molecule has 0 unspecified atom stereocenters. The molecule has 19 heavy (non-hydrogen) atoms. The van der Waals surface area contributed by atoms with Crippen LogP contribution >= 0.6 is 0 Å². The van der Waals surface area contributed by atoms with E-state index in [2.05, 4.69) is 21.4 Å². The first-order chi connectivity index (χ1) is 9.29.